The van der Waals surface area contributed by atoms with Crippen LogP contribution in [0.1, 0.15) is 24.3 Å². The van der Waals surface area contributed by atoms with Crippen LogP contribution >= 0.6 is 0 Å². The Bertz CT molecular complexity index is 347. The summed E-state index contributed by atoms with van der Waals surface area (Å²) in [6.45, 7) is 3.66. The van der Waals surface area contributed by atoms with Gasteiger partial charge in [0.15, 0.2) is 0 Å². The van der Waals surface area contributed by atoms with Crippen molar-refractivity contribution in [2.45, 2.75) is 18.8 Å². The zero-order chi connectivity index (χ0) is 12.0. The monoisotopic (exact) mass is 222 g/mol. The summed E-state index contributed by atoms with van der Waals surface area (Å²) in [7, 11) is 1.58. The van der Waals surface area contributed by atoms with Crippen molar-refractivity contribution in [3.8, 4) is 11.5 Å². The van der Waals surface area contributed by atoms with E-state index in [2.05, 4.69) is 6.58 Å². The lowest BCUT2D eigenvalue weighted by Gasteiger charge is -2.16. The highest BCUT2D eigenvalue weighted by molar-refractivity contribution is 5.41. The first-order valence-electron chi connectivity index (χ1n) is 5.31. The maximum absolute atomic E-state index is 9.74. The van der Waals surface area contributed by atoms with Crippen molar-refractivity contribution >= 4 is 0 Å². The number of aliphatic hydroxyl groups excluding tert-OH is 1. The zero-order valence-electron chi connectivity index (χ0n) is 9.52. The van der Waals surface area contributed by atoms with E-state index in [0.29, 0.717) is 5.75 Å². The highest BCUT2D eigenvalue weighted by Crippen LogP contribution is 2.32. The SMILES string of the molecule is C=CCCC(CO)c1cc(OC)ccc1O. The maximum atomic E-state index is 9.74. The molecule has 3 heteroatoms. The van der Waals surface area contributed by atoms with Gasteiger partial charge in [-0.05, 0) is 31.0 Å². The minimum Gasteiger partial charge on any atom is -0.508 e. The molecule has 0 aromatic heterocycles. The molecule has 0 fully saturated rings. The number of phenols is 1. The quantitative estimate of drug-likeness (QED) is 0.727. The third-order valence-electron chi connectivity index (χ3n) is 2.61. The number of allylic oxidation sites excluding steroid dienone is 1. The second kappa shape index (κ2) is 6.18. The van der Waals surface area contributed by atoms with Gasteiger partial charge in [0.25, 0.3) is 0 Å². The number of methoxy groups -OCH3 is 1. The number of rotatable bonds is 6. The molecule has 0 radical (unpaired) electrons. The lowest BCUT2D eigenvalue weighted by Crippen LogP contribution is -2.04. The summed E-state index contributed by atoms with van der Waals surface area (Å²) in [5.74, 6) is 0.807. The number of hydrogen-bond donors (Lipinski definition) is 2. The van der Waals surface area contributed by atoms with Crippen molar-refractivity contribution in [1.29, 1.82) is 0 Å². The molecule has 1 aromatic carbocycles. The van der Waals surface area contributed by atoms with Crippen LogP contribution in [-0.2, 0) is 0 Å². The van der Waals surface area contributed by atoms with Crippen molar-refractivity contribution in [3.05, 3.63) is 36.4 Å². The normalized spacial score (nSPS) is 12.1. The van der Waals surface area contributed by atoms with E-state index in [1.165, 1.54) is 0 Å². The van der Waals surface area contributed by atoms with Gasteiger partial charge in [0.2, 0.25) is 0 Å². The number of hydrogen-bond acceptors (Lipinski definition) is 3. The Morgan fingerprint density at radius 2 is 2.25 bits per heavy atom. The lowest BCUT2D eigenvalue weighted by molar-refractivity contribution is 0.256. The van der Waals surface area contributed by atoms with Crippen LogP contribution in [0.3, 0.4) is 0 Å². The molecular formula is C13H18O3. The van der Waals surface area contributed by atoms with Gasteiger partial charge in [0.05, 0.1) is 13.7 Å². The molecule has 1 rings (SSSR count). The van der Waals surface area contributed by atoms with E-state index in [0.717, 1.165) is 18.4 Å². The largest absolute Gasteiger partial charge is 0.508 e. The Hall–Kier alpha value is -1.48. The van der Waals surface area contributed by atoms with E-state index in [1.54, 1.807) is 31.4 Å². The average molecular weight is 222 g/mol. The summed E-state index contributed by atoms with van der Waals surface area (Å²) in [4.78, 5) is 0. The standard InChI is InChI=1S/C13H18O3/c1-3-4-5-10(9-14)12-8-11(16-2)6-7-13(12)15/h3,6-8,10,14-15H,1,4-5,9H2,2H3. The first-order valence-corrected chi connectivity index (χ1v) is 5.31. The topological polar surface area (TPSA) is 49.7 Å². The van der Waals surface area contributed by atoms with Gasteiger partial charge in [0.1, 0.15) is 11.5 Å². The van der Waals surface area contributed by atoms with E-state index in [4.69, 9.17) is 4.74 Å². The molecular weight excluding hydrogens is 204 g/mol. The molecule has 0 heterocycles. The van der Waals surface area contributed by atoms with Gasteiger partial charge in [-0.25, -0.2) is 0 Å². The van der Waals surface area contributed by atoms with Crippen LogP contribution in [0.5, 0.6) is 11.5 Å². The molecule has 0 spiro atoms. The number of phenolic OH excluding ortho intramolecular Hbond substituents is 1. The van der Waals surface area contributed by atoms with E-state index in [9.17, 15) is 10.2 Å². The second-order valence-electron chi connectivity index (χ2n) is 3.67. The summed E-state index contributed by atoms with van der Waals surface area (Å²) in [5, 5.41) is 19.0. The van der Waals surface area contributed by atoms with E-state index in [-0.39, 0.29) is 18.3 Å². The molecule has 3 nitrogen and oxygen atoms in total. The van der Waals surface area contributed by atoms with Gasteiger partial charge >= 0.3 is 0 Å². The summed E-state index contributed by atoms with van der Waals surface area (Å²) in [6.07, 6.45) is 3.38. The molecule has 0 aliphatic heterocycles. The van der Waals surface area contributed by atoms with Gasteiger partial charge < -0.3 is 14.9 Å². The van der Waals surface area contributed by atoms with Crippen LogP contribution in [0.4, 0.5) is 0 Å². The first kappa shape index (κ1) is 12.6. The highest BCUT2D eigenvalue weighted by atomic mass is 16.5. The van der Waals surface area contributed by atoms with Gasteiger partial charge in [-0.2, -0.15) is 0 Å². The molecule has 0 aliphatic carbocycles. The van der Waals surface area contributed by atoms with Crippen LogP contribution in [-0.4, -0.2) is 23.9 Å². The van der Waals surface area contributed by atoms with Crippen LogP contribution < -0.4 is 4.74 Å². The van der Waals surface area contributed by atoms with Gasteiger partial charge in [-0.3, -0.25) is 0 Å². The van der Waals surface area contributed by atoms with Crippen molar-refractivity contribution in [2.24, 2.45) is 0 Å². The molecule has 0 saturated heterocycles. The fourth-order valence-electron chi connectivity index (χ4n) is 1.65. The van der Waals surface area contributed by atoms with Crippen LogP contribution in [0.2, 0.25) is 0 Å². The van der Waals surface area contributed by atoms with Crippen LogP contribution in [0, 0.1) is 0 Å². The molecule has 1 unspecified atom stereocenters. The Morgan fingerprint density at radius 3 is 2.81 bits per heavy atom. The summed E-state index contributed by atoms with van der Waals surface area (Å²) >= 11 is 0. The number of benzene rings is 1. The first-order chi connectivity index (χ1) is 7.72. The summed E-state index contributed by atoms with van der Waals surface area (Å²) in [6, 6.07) is 5.05. The molecule has 16 heavy (non-hydrogen) atoms. The van der Waals surface area contributed by atoms with E-state index < -0.39 is 0 Å². The number of aromatic hydroxyl groups is 1. The predicted molar refractivity (Wildman–Crippen MR) is 63.9 cm³/mol. The minimum atomic E-state index is -0.0758. The fraction of sp³-hybridized carbons (Fsp3) is 0.385. The van der Waals surface area contributed by atoms with Gasteiger partial charge in [-0.1, -0.05) is 6.08 Å². The van der Waals surface area contributed by atoms with E-state index >= 15 is 0 Å². The van der Waals surface area contributed by atoms with Crippen LogP contribution in [0.25, 0.3) is 0 Å². The van der Waals surface area contributed by atoms with Crippen LogP contribution in [0.15, 0.2) is 30.9 Å². The summed E-state index contributed by atoms with van der Waals surface area (Å²) in [5.41, 5.74) is 0.726. The average Bonchev–Trinajstić information content (AvgIpc) is 2.32. The zero-order valence-corrected chi connectivity index (χ0v) is 9.52. The third-order valence-corrected chi connectivity index (χ3v) is 2.61. The maximum Gasteiger partial charge on any atom is 0.119 e. The highest BCUT2D eigenvalue weighted by Gasteiger charge is 2.14. The Morgan fingerprint density at radius 1 is 1.50 bits per heavy atom. The molecule has 2 N–H and O–H groups in total. The molecule has 1 atom stereocenters. The molecule has 1 aromatic rings. The molecule has 0 amide bonds. The van der Waals surface area contributed by atoms with Crippen molar-refractivity contribution in [2.75, 3.05) is 13.7 Å². The molecule has 0 bridgehead atoms. The molecule has 88 valence electrons. The minimum absolute atomic E-state index is 0.00850. The molecule has 0 aliphatic rings. The van der Waals surface area contributed by atoms with Crippen molar-refractivity contribution in [3.63, 3.8) is 0 Å². The van der Waals surface area contributed by atoms with Crippen molar-refractivity contribution < 1.29 is 14.9 Å². The van der Waals surface area contributed by atoms with E-state index in [1.807, 2.05) is 0 Å². The Balaban J connectivity index is 2.93. The predicted octanol–water partition coefficient (Wildman–Crippen LogP) is 2.44. The smallest absolute Gasteiger partial charge is 0.119 e. The summed E-state index contributed by atoms with van der Waals surface area (Å²) < 4.78 is 5.10. The second-order valence-corrected chi connectivity index (χ2v) is 3.67. The fourth-order valence-corrected chi connectivity index (χ4v) is 1.65. The third kappa shape index (κ3) is 3.00. The number of aliphatic hydroxyl groups is 1. The Labute approximate surface area is 96.0 Å². The molecule has 0 saturated carbocycles. The Kier molecular flexibility index (Phi) is 4.86. The number of ether oxygens (including phenoxy) is 1. The van der Waals surface area contributed by atoms with Crippen molar-refractivity contribution in [1.82, 2.24) is 0 Å². The van der Waals surface area contributed by atoms with Gasteiger partial charge in [0, 0.05) is 11.5 Å². The lowest BCUT2D eigenvalue weighted by atomic mass is 9.94. The van der Waals surface area contributed by atoms with Gasteiger partial charge in [-0.15, -0.1) is 6.58 Å².